The normalized spacial score (nSPS) is 11.5. The average molecular weight is 333 g/mol. The van der Waals surface area contributed by atoms with Gasteiger partial charge in [-0.25, -0.2) is 4.79 Å². The zero-order chi connectivity index (χ0) is 17.3. The molecule has 1 heterocycles. The third-order valence-electron chi connectivity index (χ3n) is 3.69. The van der Waals surface area contributed by atoms with Gasteiger partial charge in [-0.2, -0.15) is 13.2 Å². The minimum Gasteiger partial charge on any atom is -0.361 e. The van der Waals surface area contributed by atoms with Crippen LogP contribution in [-0.4, -0.2) is 18.1 Å². The van der Waals surface area contributed by atoms with Crippen molar-refractivity contribution in [3.05, 3.63) is 60.3 Å². The summed E-state index contributed by atoms with van der Waals surface area (Å²) in [5, 5.41) is 3.53. The summed E-state index contributed by atoms with van der Waals surface area (Å²) in [6, 6.07) is 11.2. The van der Waals surface area contributed by atoms with Gasteiger partial charge in [-0.1, -0.05) is 0 Å². The van der Waals surface area contributed by atoms with E-state index in [0.717, 1.165) is 23.0 Å². The molecule has 0 unspecified atom stereocenters. The van der Waals surface area contributed by atoms with Crippen LogP contribution in [0.15, 0.2) is 54.7 Å². The number of amides is 2. The Bertz CT molecular complexity index is 869. The Morgan fingerprint density at radius 3 is 2.46 bits per heavy atom. The highest BCUT2D eigenvalue weighted by atomic mass is 19.4. The number of nitrogens with zero attached hydrogens (tertiary/aromatic N) is 1. The van der Waals surface area contributed by atoms with Gasteiger partial charge in [-0.15, -0.1) is 0 Å². The Morgan fingerprint density at radius 1 is 1.08 bits per heavy atom. The van der Waals surface area contributed by atoms with Crippen LogP contribution in [0.1, 0.15) is 5.56 Å². The van der Waals surface area contributed by atoms with Gasteiger partial charge >= 0.3 is 12.2 Å². The Labute approximate surface area is 135 Å². The fraction of sp³-hybridized carbons (Fsp3) is 0.118. The van der Waals surface area contributed by atoms with Crippen molar-refractivity contribution in [3.8, 4) is 0 Å². The Kier molecular flexibility index (Phi) is 3.92. The van der Waals surface area contributed by atoms with Crippen LogP contribution in [0.4, 0.5) is 29.3 Å². The zero-order valence-electron chi connectivity index (χ0n) is 12.7. The van der Waals surface area contributed by atoms with Crippen LogP contribution in [0.2, 0.25) is 0 Å². The molecule has 2 amide bonds. The number of nitrogens with one attached hydrogen (secondary N) is 2. The fourth-order valence-corrected chi connectivity index (χ4v) is 2.32. The van der Waals surface area contributed by atoms with E-state index in [2.05, 4.69) is 10.3 Å². The van der Waals surface area contributed by atoms with E-state index in [4.69, 9.17) is 0 Å². The van der Waals surface area contributed by atoms with Crippen LogP contribution >= 0.6 is 0 Å². The second kappa shape index (κ2) is 5.92. The lowest BCUT2D eigenvalue weighted by atomic mass is 10.2. The molecule has 3 aromatic rings. The van der Waals surface area contributed by atoms with E-state index >= 15 is 0 Å². The lowest BCUT2D eigenvalue weighted by Crippen LogP contribution is -2.31. The number of halogens is 3. The SMILES string of the molecule is CN(C(=O)Nc1ccc(C(F)(F)F)cc1)c1ccc2[nH]ccc2c1. The number of anilines is 2. The van der Waals surface area contributed by atoms with E-state index in [0.29, 0.717) is 11.4 Å². The van der Waals surface area contributed by atoms with Crippen molar-refractivity contribution in [1.29, 1.82) is 0 Å². The molecule has 0 saturated carbocycles. The predicted molar refractivity (Wildman–Crippen MR) is 87.2 cm³/mol. The molecule has 4 nitrogen and oxygen atoms in total. The van der Waals surface area contributed by atoms with Crippen LogP contribution in [0, 0.1) is 0 Å². The Morgan fingerprint density at radius 2 is 1.79 bits per heavy atom. The standard InChI is InChI=1S/C17H14F3N3O/c1-23(14-6-7-15-11(10-14)8-9-21-15)16(24)22-13-4-2-12(3-5-13)17(18,19)20/h2-10,21H,1H3,(H,22,24). The molecule has 2 N–H and O–H groups in total. The van der Waals surface area contributed by atoms with E-state index in [9.17, 15) is 18.0 Å². The quantitative estimate of drug-likeness (QED) is 0.691. The number of H-pyrrole nitrogens is 1. The van der Waals surface area contributed by atoms with Gasteiger partial charge in [-0.05, 0) is 48.5 Å². The monoisotopic (exact) mass is 333 g/mol. The van der Waals surface area contributed by atoms with Crippen LogP contribution in [0.5, 0.6) is 0 Å². The number of urea groups is 1. The molecule has 3 rings (SSSR count). The summed E-state index contributed by atoms with van der Waals surface area (Å²) in [7, 11) is 1.59. The van der Waals surface area contributed by atoms with Gasteiger partial charge in [0.15, 0.2) is 0 Å². The highest BCUT2D eigenvalue weighted by Crippen LogP contribution is 2.30. The van der Waals surface area contributed by atoms with Crippen molar-refractivity contribution in [2.45, 2.75) is 6.18 Å². The summed E-state index contributed by atoms with van der Waals surface area (Å²) in [6.45, 7) is 0. The van der Waals surface area contributed by atoms with Crippen molar-refractivity contribution in [2.75, 3.05) is 17.3 Å². The molecule has 0 radical (unpaired) electrons. The molecule has 0 aliphatic carbocycles. The first-order valence-corrected chi connectivity index (χ1v) is 7.14. The third-order valence-corrected chi connectivity index (χ3v) is 3.69. The molecule has 0 fully saturated rings. The number of hydrogen-bond acceptors (Lipinski definition) is 1. The number of hydrogen-bond donors (Lipinski definition) is 2. The summed E-state index contributed by atoms with van der Waals surface area (Å²) in [5.74, 6) is 0. The maximum atomic E-state index is 12.5. The topological polar surface area (TPSA) is 48.1 Å². The number of carbonyl (C=O) groups is 1. The summed E-state index contributed by atoms with van der Waals surface area (Å²) in [6.07, 6.45) is -2.60. The predicted octanol–water partition coefficient (Wildman–Crippen LogP) is 4.86. The van der Waals surface area contributed by atoms with Gasteiger partial charge in [0.2, 0.25) is 0 Å². The van der Waals surface area contributed by atoms with Crippen molar-refractivity contribution in [1.82, 2.24) is 4.98 Å². The minimum atomic E-state index is -4.40. The minimum absolute atomic E-state index is 0.294. The van der Waals surface area contributed by atoms with E-state index < -0.39 is 17.8 Å². The summed E-state index contributed by atoms with van der Waals surface area (Å²) < 4.78 is 37.6. The van der Waals surface area contributed by atoms with Gasteiger partial charge in [-0.3, -0.25) is 4.90 Å². The van der Waals surface area contributed by atoms with Gasteiger partial charge in [0.05, 0.1) is 5.56 Å². The van der Waals surface area contributed by atoms with Gasteiger partial charge < -0.3 is 10.3 Å². The molecule has 2 aromatic carbocycles. The van der Waals surface area contributed by atoms with Crippen LogP contribution in [0.25, 0.3) is 10.9 Å². The van der Waals surface area contributed by atoms with Crippen molar-refractivity contribution >= 4 is 28.3 Å². The van der Waals surface area contributed by atoms with E-state index in [1.165, 1.54) is 17.0 Å². The first kappa shape index (κ1) is 15.9. The van der Waals surface area contributed by atoms with Gasteiger partial charge in [0.25, 0.3) is 0 Å². The summed E-state index contributed by atoms with van der Waals surface area (Å²) >= 11 is 0. The second-order valence-electron chi connectivity index (χ2n) is 5.31. The van der Waals surface area contributed by atoms with E-state index in [1.54, 1.807) is 19.3 Å². The van der Waals surface area contributed by atoms with E-state index in [-0.39, 0.29) is 0 Å². The fourth-order valence-electron chi connectivity index (χ4n) is 2.32. The molecule has 1 aromatic heterocycles. The number of benzene rings is 2. The molecule has 0 saturated heterocycles. The lowest BCUT2D eigenvalue weighted by molar-refractivity contribution is -0.137. The molecule has 0 aliphatic rings. The van der Waals surface area contributed by atoms with E-state index in [1.807, 2.05) is 18.2 Å². The number of rotatable bonds is 2. The van der Waals surface area contributed by atoms with Crippen molar-refractivity contribution < 1.29 is 18.0 Å². The van der Waals surface area contributed by atoms with Gasteiger partial charge in [0.1, 0.15) is 0 Å². The average Bonchev–Trinajstić information content (AvgIpc) is 3.01. The van der Waals surface area contributed by atoms with Crippen LogP contribution in [0.3, 0.4) is 0 Å². The van der Waals surface area contributed by atoms with Crippen molar-refractivity contribution in [3.63, 3.8) is 0 Å². The molecular formula is C17H14F3N3O. The maximum Gasteiger partial charge on any atom is 0.416 e. The number of carbonyl (C=O) groups excluding carboxylic acids is 1. The molecule has 0 atom stereocenters. The second-order valence-corrected chi connectivity index (χ2v) is 5.31. The molecule has 24 heavy (non-hydrogen) atoms. The molecule has 7 heteroatoms. The number of alkyl halides is 3. The molecule has 0 spiro atoms. The molecule has 124 valence electrons. The maximum absolute atomic E-state index is 12.5. The zero-order valence-corrected chi connectivity index (χ0v) is 12.7. The van der Waals surface area contributed by atoms with Crippen LogP contribution in [-0.2, 0) is 6.18 Å². The first-order chi connectivity index (χ1) is 11.3. The molecule has 0 aliphatic heterocycles. The largest absolute Gasteiger partial charge is 0.416 e. The highest BCUT2D eigenvalue weighted by molar-refractivity contribution is 6.02. The number of fused-ring (bicyclic) bond motifs is 1. The Balaban J connectivity index is 1.73. The number of aromatic nitrogens is 1. The first-order valence-electron chi connectivity index (χ1n) is 7.14. The molecule has 0 bridgehead atoms. The third kappa shape index (κ3) is 3.19. The lowest BCUT2D eigenvalue weighted by Gasteiger charge is -2.18. The summed E-state index contributed by atoms with van der Waals surface area (Å²) in [4.78, 5) is 16.7. The Hall–Kier alpha value is -2.96. The number of aromatic amines is 1. The molecular weight excluding hydrogens is 319 g/mol. The highest BCUT2D eigenvalue weighted by Gasteiger charge is 2.30. The van der Waals surface area contributed by atoms with Crippen LogP contribution < -0.4 is 10.2 Å². The summed E-state index contributed by atoms with van der Waals surface area (Å²) in [5.41, 5.74) is 1.16. The van der Waals surface area contributed by atoms with Crippen molar-refractivity contribution in [2.24, 2.45) is 0 Å². The smallest absolute Gasteiger partial charge is 0.361 e. The van der Waals surface area contributed by atoms with Gasteiger partial charge in [0, 0.05) is 35.5 Å².